The highest BCUT2D eigenvalue weighted by molar-refractivity contribution is 5.70. The second-order valence-electron chi connectivity index (χ2n) is 4.91. The van der Waals surface area contributed by atoms with Gasteiger partial charge in [0.15, 0.2) is 0 Å². The number of carbonyl (C=O) groups is 1. The molecule has 100 valence electrons. The van der Waals surface area contributed by atoms with Gasteiger partial charge in [-0.1, -0.05) is 26.0 Å². The summed E-state index contributed by atoms with van der Waals surface area (Å²) in [7, 11) is 0. The third-order valence-electron chi connectivity index (χ3n) is 3.04. The molecule has 3 nitrogen and oxygen atoms in total. The highest BCUT2D eigenvalue weighted by Gasteiger charge is 2.23. The molecule has 0 bridgehead atoms. The molecule has 0 fully saturated rings. The average molecular weight is 254 g/mol. The van der Waals surface area contributed by atoms with Crippen LogP contribution in [0.25, 0.3) is 0 Å². The molecule has 0 aliphatic carbocycles. The van der Waals surface area contributed by atoms with Gasteiger partial charge in [0.2, 0.25) is 0 Å². The molecule has 0 radical (unpaired) electrons. The number of hydrogen-bond acceptors (Lipinski definition) is 2. The Balaban J connectivity index is 2.69. The van der Waals surface area contributed by atoms with Gasteiger partial charge in [0.25, 0.3) is 0 Å². The topological polar surface area (TPSA) is 57.5 Å². The number of rotatable bonds is 6. The molecule has 2 unspecified atom stereocenters. The number of hydrogen-bond donors (Lipinski definition) is 2. The van der Waals surface area contributed by atoms with Crippen molar-refractivity contribution in [2.45, 2.75) is 32.8 Å². The van der Waals surface area contributed by atoms with Crippen molar-refractivity contribution in [3.63, 3.8) is 0 Å². The molecule has 0 saturated heterocycles. The molecule has 0 spiro atoms. The van der Waals surface area contributed by atoms with Crippen LogP contribution in [0.4, 0.5) is 4.39 Å². The van der Waals surface area contributed by atoms with Crippen LogP contribution in [-0.2, 0) is 11.2 Å². The molecule has 0 aromatic heterocycles. The summed E-state index contributed by atoms with van der Waals surface area (Å²) >= 11 is 0. The summed E-state index contributed by atoms with van der Waals surface area (Å²) in [6.07, 6.45) is -0.115. The Morgan fingerprint density at radius 3 is 2.28 bits per heavy atom. The smallest absolute Gasteiger partial charge is 0.306 e. The van der Waals surface area contributed by atoms with E-state index in [1.807, 2.05) is 13.8 Å². The first-order chi connectivity index (χ1) is 8.40. The van der Waals surface area contributed by atoms with Crippen molar-refractivity contribution in [3.8, 4) is 0 Å². The molecule has 0 amide bonds. The Hall–Kier alpha value is -1.42. The van der Waals surface area contributed by atoms with Crippen LogP contribution in [0.3, 0.4) is 0 Å². The van der Waals surface area contributed by atoms with Crippen molar-refractivity contribution in [2.75, 3.05) is 0 Å². The number of aliphatic hydroxyl groups is 1. The number of halogens is 1. The largest absolute Gasteiger partial charge is 0.481 e. The minimum Gasteiger partial charge on any atom is -0.481 e. The fourth-order valence-electron chi connectivity index (χ4n) is 1.74. The van der Waals surface area contributed by atoms with E-state index in [1.165, 1.54) is 12.1 Å². The van der Waals surface area contributed by atoms with Gasteiger partial charge in [-0.3, -0.25) is 4.79 Å². The summed E-state index contributed by atoms with van der Waals surface area (Å²) in [4.78, 5) is 11.1. The molecule has 1 aromatic rings. The standard InChI is InChI=1S/C14H19FO3/c1-9(2)13(16)8-11(14(17)18)7-10-3-5-12(15)6-4-10/h3-6,9,11,13,16H,7-8H2,1-2H3,(H,17,18). The summed E-state index contributed by atoms with van der Waals surface area (Å²) in [5.74, 6) is -1.89. The Bertz CT molecular complexity index is 387. The van der Waals surface area contributed by atoms with Crippen molar-refractivity contribution in [1.82, 2.24) is 0 Å². The van der Waals surface area contributed by atoms with Gasteiger partial charge >= 0.3 is 5.97 Å². The predicted octanol–water partition coefficient (Wildman–Crippen LogP) is 2.48. The molecule has 4 heteroatoms. The van der Waals surface area contributed by atoms with Gasteiger partial charge in [-0.15, -0.1) is 0 Å². The van der Waals surface area contributed by atoms with Crippen molar-refractivity contribution in [2.24, 2.45) is 11.8 Å². The van der Waals surface area contributed by atoms with E-state index >= 15 is 0 Å². The number of carboxylic acids is 1. The SMILES string of the molecule is CC(C)C(O)CC(Cc1ccc(F)cc1)C(=O)O. The lowest BCUT2D eigenvalue weighted by Crippen LogP contribution is -2.25. The maximum absolute atomic E-state index is 12.7. The van der Waals surface area contributed by atoms with E-state index in [0.717, 1.165) is 5.56 Å². The van der Waals surface area contributed by atoms with E-state index in [9.17, 15) is 14.3 Å². The van der Waals surface area contributed by atoms with Gasteiger partial charge in [0.05, 0.1) is 12.0 Å². The molecule has 0 saturated carbocycles. The first kappa shape index (κ1) is 14.6. The van der Waals surface area contributed by atoms with Crippen molar-refractivity contribution < 1.29 is 19.4 Å². The fraction of sp³-hybridized carbons (Fsp3) is 0.500. The Morgan fingerprint density at radius 1 is 1.28 bits per heavy atom. The lowest BCUT2D eigenvalue weighted by atomic mass is 9.90. The van der Waals surface area contributed by atoms with Gasteiger partial charge in [-0.25, -0.2) is 4.39 Å². The third-order valence-corrected chi connectivity index (χ3v) is 3.04. The van der Waals surface area contributed by atoms with Gasteiger partial charge in [0.1, 0.15) is 5.82 Å². The Morgan fingerprint density at radius 2 is 1.83 bits per heavy atom. The van der Waals surface area contributed by atoms with Gasteiger partial charge < -0.3 is 10.2 Å². The van der Waals surface area contributed by atoms with E-state index in [0.29, 0.717) is 6.42 Å². The van der Waals surface area contributed by atoms with Crippen molar-refractivity contribution in [3.05, 3.63) is 35.6 Å². The van der Waals surface area contributed by atoms with Crippen LogP contribution in [0, 0.1) is 17.7 Å². The normalized spacial score (nSPS) is 14.5. The summed E-state index contributed by atoms with van der Waals surface area (Å²) in [6, 6.07) is 5.78. The summed E-state index contributed by atoms with van der Waals surface area (Å²) < 4.78 is 12.7. The molecule has 0 aliphatic rings. The van der Waals surface area contributed by atoms with Gasteiger partial charge in [0, 0.05) is 0 Å². The summed E-state index contributed by atoms with van der Waals surface area (Å²) in [5.41, 5.74) is 0.764. The Labute approximate surface area is 106 Å². The molecule has 0 aliphatic heterocycles. The number of carboxylic acid groups (broad SMARTS) is 1. The first-order valence-electron chi connectivity index (χ1n) is 6.05. The molecule has 18 heavy (non-hydrogen) atoms. The van der Waals surface area contributed by atoms with Crippen LogP contribution < -0.4 is 0 Å². The lowest BCUT2D eigenvalue weighted by molar-refractivity contribution is -0.143. The second-order valence-corrected chi connectivity index (χ2v) is 4.91. The third kappa shape index (κ3) is 4.45. The number of aliphatic carboxylic acids is 1. The van der Waals surface area contributed by atoms with Gasteiger partial charge in [-0.05, 0) is 36.5 Å². The first-order valence-corrected chi connectivity index (χ1v) is 6.05. The number of benzene rings is 1. The van der Waals surface area contributed by atoms with Crippen LogP contribution in [0.5, 0.6) is 0 Å². The highest BCUT2D eigenvalue weighted by atomic mass is 19.1. The fourth-order valence-corrected chi connectivity index (χ4v) is 1.74. The predicted molar refractivity (Wildman–Crippen MR) is 66.7 cm³/mol. The zero-order chi connectivity index (χ0) is 13.7. The van der Waals surface area contributed by atoms with Crippen molar-refractivity contribution in [1.29, 1.82) is 0 Å². The van der Waals surface area contributed by atoms with Crippen LogP contribution in [0.15, 0.2) is 24.3 Å². The average Bonchev–Trinajstić information content (AvgIpc) is 2.30. The van der Waals surface area contributed by atoms with Crippen LogP contribution in [0.2, 0.25) is 0 Å². The zero-order valence-electron chi connectivity index (χ0n) is 10.6. The molecule has 1 aromatic carbocycles. The van der Waals surface area contributed by atoms with Crippen LogP contribution >= 0.6 is 0 Å². The van der Waals surface area contributed by atoms with E-state index < -0.39 is 18.0 Å². The quantitative estimate of drug-likeness (QED) is 0.820. The molecule has 1 rings (SSSR count). The maximum Gasteiger partial charge on any atom is 0.306 e. The maximum atomic E-state index is 12.7. The highest BCUT2D eigenvalue weighted by Crippen LogP contribution is 2.18. The molecule has 2 atom stereocenters. The minimum absolute atomic E-state index is 0.0278. The van der Waals surface area contributed by atoms with E-state index in [-0.39, 0.29) is 18.2 Å². The molecule has 0 heterocycles. The Kier molecular flexibility index (Phi) is 5.28. The molecular weight excluding hydrogens is 235 g/mol. The van der Waals surface area contributed by atoms with Crippen LogP contribution in [0.1, 0.15) is 25.8 Å². The summed E-state index contributed by atoms with van der Waals surface area (Å²) in [6.45, 7) is 3.70. The minimum atomic E-state index is -0.931. The van der Waals surface area contributed by atoms with E-state index in [1.54, 1.807) is 12.1 Å². The number of aliphatic hydroxyl groups excluding tert-OH is 1. The monoisotopic (exact) mass is 254 g/mol. The van der Waals surface area contributed by atoms with Crippen molar-refractivity contribution >= 4 is 5.97 Å². The molecule has 2 N–H and O–H groups in total. The van der Waals surface area contributed by atoms with E-state index in [2.05, 4.69) is 0 Å². The zero-order valence-corrected chi connectivity index (χ0v) is 10.6. The van der Waals surface area contributed by atoms with Gasteiger partial charge in [-0.2, -0.15) is 0 Å². The van der Waals surface area contributed by atoms with Crippen LogP contribution in [-0.4, -0.2) is 22.3 Å². The summed E-state index contributed by atoms with van der Waals surface area (Å²) in [5, 5.41) is 18.9. The van der Waals surface area contributed by atoms with E-state index in [4.69, 9.17) is 5.11 Å². The molecular formula is C14H19FO3. The lowest BCUT2D eigenvalue weighted by Gasteiger charge is -2.19. The second kappa shape index (κ2) is 6.50.